The summed E-state index contributed by atoms with van der Waals surface area (Å²) in [5, 5.41) is 70.1. The third-order valence-corrected chi connectivity index (χ3v) is 5.91. The number of ketones is 1. The lowest BCUT2D eigenvalue weighted by molar-refractivity contribution is -0.277. The van der Waals surface area contributed by atoms with Gasteiger partial charge in [0.1, 0.15) is 24.4 Å². The van der Waals surface area contributed by atoms with E-state index in [0.717, 1.165) is 6.26 Å². The number of benzene rings is 2. The Balaban J connectivity index is 1.98. The molecule has 2 aromatic carbocycles. The van der Waals surface area contributed by atoms with E-state index in [9.17, 15) is 40.5 Å². The predicted octanol–water partition coefficient (Wildman–Crippen LogP) is 0.423. The summed E-state index contributed by atoms with van der Waals surface area (Å²) in [7, 11) is 2.62. The summed E-state index contributed by atoms with van der Waals surface area (Å²) in [6.07, 6.45) is -7.78. The van der Waals surface area contributed by atoms with E-state index in [4.69, 9.17) is 18.9 Å². The van der Waals surface area contributed by atoms with Gasteiger partial charge in [-0.1, -0.05) is 0 Å². The van der Waals surface area contributed by atoms with Crippen LogP contribution in [0.5, 0.6) is 23.0 Å². The van der Waals surface area contributed by atoms with Crippen LogP contribution >= 0.6 is 0 Å². The monoisotopic (exact) mass is 522 g/mol. The first kappa shape index (κ1) is 28.2. The number of hydrogen-bond donors (Lipinski definition) is 7. The number of ether oxygens (including phenoxy) is 4. The van der Waals surface area contributed by atoms with Gasteiger partial charge in [0.25, 0.3) is 0 Å². The van der Waals surface area contributed by atoms with Crippen molar-refractivity contribution in [1.29, 1.82) is 0 Å². The second-order valence-electron chi connectivity index (χ2n) is 8.30. The molecular weight excluding hydrogens is 492 g/mol. The first-order valence-electron chi connectivity index (χ1n) is 11.2. The van der Waals surface area contributed by atoms with Crippen molar-refractivity contribution in [3.63, 3.8) is 0 Å². The summed E-state index contributed by atoms with van der Waals surface area (Å²) in [4.78, 5) is 12.9. The van der Waals surface area contributed by atoms with Crippen LogP contribution in [-0.4, -0.2) is 93.1 Å². The highest BCUT2D eigenvalue weighted by Crippen LogP contribution is 2.40. The molecule has 0 saturated carbocycles. The Morgan fingerprint density at radius 2 is 1.76 bits per heavy atom. The van der Waals surface area contributed by atoms with Crippen LogP contribution in [0.15, 0.2) is 36.6 Å². The number of aliphatic hydroxyl groups excluding tert-OH is 6. The van der Waals surface area contributed by atoms with Crippen LogP contribution in [0.3, 0.4) is 0 Å². The zero-order valence-corrected chi connectivity index (χ0v) is 20.1. The number of hydrogen-bond acceptors (Lipinski definition) is 12. The Morgan fingerprint density at radius 3 is 2.38 bits per heavy atom. The SMILES string of the molecule is COc1cc(C(=O)CC(O)c2cc(/C=C/O)cc(OC)c2O[C@@H]2O[C@H](CO)[C@@H](O)[C@H](O)[C@H]2O)ccc1O. The van der Waals surface area contributed by atoms with Gasteiger partial charge in [0, 0.05) is 17.5 Å². The maximum absolute atomic E-state index is 12.9. The van der Waals surface area contributed by atoms with Crippen LogP contribution in [0.1, 0.15) is 34.0 Å². The number of methoxy groups -OCH3 is 2. The van der Waals surface area contributed by atoms with Gasteiger partial charge in [-0.15, -0.1) is 0 Å². The van der Waals surface area contributed by atoms with Crippen LogP contribution in [0.25, 0.3) is 6.08 Å². The zero-order valence-electron chi connectivity index (χ0n) is 20.1. The zero-order chi connectivity index (χ0) is 27.3. The van der Waals surface area contributed by atoms with Crippen molar-refractivity contribution < 1.29 is 59.5 Å². The highest BCUT2D eigenvalue weighted by molar-refractivity contribution is 5.97. The molecule has 0 amide bonds. The molecule has 0 spiro atoms. The molecule has 1 saturated heterocycles. The number of rotatable bonds is 10. The molecule has 7 N–H and O–H groups in total. The first-order chi connectivity index (χ1) is 17.6. The average molecular weight is 523 g/mol. The van der Waals surface area contributed by atoms with Crippen molar-refractivity contribution in [3.8, 4) is 23.0 Å². The third-order valence-electron chi connectivity index (χ3n) is 5.91. The largest absolute Gasteiger partial charge is 0.516 e. The second-order valence-corrected chi connectivity index (χ2v) is 8.30. The van der Waals surface area contributed by atoms with Gasteiger partial charge >= 0.3 is 0 Å². The Hall–Kier alpha value is -3.39. The minimum atomic E-state index is -1.74. The average Bonchev–Trinajstić information content (AvgIpc) is 2.89. The molecule has 202 valence electrons. The number of Topliss-reactive ketones (excluding diaryl/α,β-unsaturated/α-hetero) is 1. The summed E-state index contributed by atoms with van der Waals surface area (Å²) >= 11 is 0. The lowest BCUT2D eigenvalue weighted by atomic mass is 9.96. The molecule has 6 atom stereocenters. The molecule has 0 aliphatic carbocycles. The highest BCUT2D eigenvalue weighted by atomic mass is 16.7. The Kier molecular flexibility index (Phi) is 9.32. The quantitative estimate of drug-likeness (QED) is 0.168. The Bertz CT molecular complexity index is 1120. The van der Waals surface area contributed by atoms with E-state index in [2.05, 4.69) is 0 Å². The van der Waals surface area contributed by atoms with Crippen LogP contribution in [0.2, 0.25) is 0 Å². The van der Waals surface area contributed by atoms with Gasteiger partial charge in [0.05, 0.1) is 33.2 Å². The van der Waals surface area contributed by atoms with E-state index in [-0.39, 0.29) is 34.1 Å². The van der Waals surface area contributed by atoms with Crippen molar-refractivity contribution in [2.75, 3.05) is 20.8 Å². The summed E-state index contributed by atoms with van der Waals surface area (Å²) in [6.45, 7) is -0.678. The molecule has 0 bridgehead atoms. The van der Waals surface area contributed by atoms with Gasteiger partial charge in [-0.2, -0.15) is 0 Å². The summed E-state index contributed by atoms with van der Waals surface area (Å²) in [6, 6.07) is 6.81. The molecule has 1 aliphatic rings. The van der Waals surface area contributed by atoms with E-state index in [1.54, 1.807) is 0 Å². The van der Waals surface area contributed by atoms with Crippen molar-refractivity contribution in [1.82, 2.24) is 0 Å². The van der Waals surface area contributed by atoms with Crippen molar-refractivity contribution in [2.45, 2.75) is 43.2 Å². The first-order valence-corrected chi connectivity index (χ1v) is 11.2. The van der Waals surface area contributed by atoms with Crippen LogP contribution < -0.4 is 14.2 Å². The smallest absolute Gasteiger partial charge is 0.229 e. The van der Waals surface area contributed by atoms with Crippen molar-refractivity contribution in [2.24, 2.45) is 0 Å². The molecule has 1 unspecified atom stereocenters. The number of aromatic hydroxyl groups is 1. The molecule has 2 aromatic rings. The van der Waals surface area contributed by atoms with E-state index < -0.39 is 55.6 Å². The number of carbonyl (C=O) groups excluding carboxylic acids is 1. The molecule has 0 aromatic heterocycles. The maximum atomic E-state index is 12.9. The Morgan fingerprint density at radius 1 is 1.05 bits per heavy atom. The van der Waals surface area contributed by atoms with E-state index in [1.165, 1.54) is 50.6 Å². The van der Waals surface area contributed by atoms with E-state index >= 15 is 0 Å². The van der Waals surface area contributed by atoms with Gasteiger partial charge in [-0.3, -0.25) is 4.79 Å². The minimum absolute atomic E-state index is 0.0171. The van der Waals surface area contributed by atoms with E-state index in [1.807, 2.05) is 0 Å². The van der Waals surface area contributed by atoms with Gasteiger partial charge in [0.2, 0.25) is 6.29 Å². The molecule has 1 aliphatic heterocycles. The van der Waals surface area contributed by atoms with Gasteiger partial charge in [0.15, 0.2) is 28.8 Å². The molecule has 3 rings (SSSR count). The number of carbonyl (C=O) groups is 1. The summed E-state index contributed by atoms with van der Waals surface area (Å²) in [5.41, 5.74) is 0.542. The molecule has 0 radical (unpaired) electrons. The van der Waals surface area contributed by atoms with Gasteiger partial charge in [-0.05, 0) is 42.0 Å². The van der Waals surface area contributed by atoms with E-state index in [0.29, 0.717) is 5.56 Å². The molecule has 12 heteroatoms. The minimum Gasteiger partial charge on any atom is -0.516 e. The van der Waals surface area contributed by atoms with Crippen LogP contribution in [0.4, 0.5) is 0 Å². The lowest BCUT2D eigenvalue weighted by Gasteiger charge is -2.40. The van der Waals surface area contributed by atoms with Crippen molar-refractivity contribution in [3.05, 3.63) is 53.3 Å². The van der Waals surface area contributed by atoms with Crippen molar-refractivity contribution >= 4 is 11.9 Å². The molecule has 1 fully saturated rings. The van der Waals surface area contributed by atoms with Crippen LogP contribution in [-0.2, 0) is 4.74 Å². The fourth-order valence-electron chi connectivity index (χ4n) is 3.89. The third kappa shape index (κ3) is 6.13. The fraction of sp³-hybridized carbons (Fsp3) is 0.400. The highest BCUT2D eigenvalue weighted by Gasteiger charge is 2.45. The molecule has 12 nitrogen and oxygen atoms in total. The maximum Gasteiger partial charge on any atom is 0.229 e. The fourth-order valence-corrected chi connectivity index (χ4v) is 3.89. The van der Waals surface area contributed by atoms with Crippen LogP contribution in [0, 0.1) is 0 Å². The molecular formula is C25H30O12. The number of aliphatic hydroxyl groups is 6. The predicted molar refractivity (Wildman–Crippen MR) is 128 cm³/mol. The number of phenols is 1. The standard InChI is InChI=1S/C25H30O12/c1-34-18-9-13(3-4-15(18)28)16(29)10-17(30)14-7-12(5-6-26)8-19(35-2)24(14)37-25-23(33)22(32)21(31)20(11-27)36-25/h3-9,17,20-23,25-28,30-33H,10-11H2,1-2H3/b6-5+/t17?,20-,21-,22+,23-,25+/m1/s1. The molecule has 1 heterocycles. The lowest BCUT2D eigenvalue weighted by Crippen LogP contribution is -2.60. The van der Waals surface area contributed by atoms with Gasteiger partial charge in [-0.25, -0.2) is 0 Å². The Labute approximate surface area is 212 Å². The topological polar surface area (TPSA) is 196 Å². The summed E-state index contributed by atoms with van der Waals surface area (Å²) in [5.74, 6) is -0.718. The summed E-state index contributed by atoms with van der Waals surface area (Å²) < 4.78 is 21.6. The number of phenolic OH excluding ortho intramolecular Hbond substituents is 1. The normalized spacial score (nSPS) is 24.6. The molecule has 37 heavy (non-hydrogen) atoms. The van der Waals surface area contributed by atoms with Gasteiger partial charge < -0.3 is 54.7 Å². The second kappa shape index (κ2) is 12.2.